The van der Waals surface area contributed by atoms with Gasteiger partial charge in [0.15, 0.2) is 0 Å². The van der Waals surface area contributed by atoms with Crippen LogP contribution in [0.2, 0.25) is 0 Å². The molecule has 34 heavy (non-hydrogen) atoms. The number of nitrogens with zero attached hydrogens (tertiary/aromatic N) is 3. The molecule has 0 saturated carbocycles. The Bertz CT molecular complexity index is 1080. The third kappa shape index (κ3) is 4.43. The molecule has 2 aliphatic heterocycles. The lowest BCUT2D eigenvalue weighted by atomic mass is 10.0. The van der Waals surface area contributed by atoms with E-state index in [-0.39, 0.29) is 24.5 Å². The first-order chi connectivity index (χ1) is 16.1. The van der Waals surface area contributed by atoms with E-state index in [4.69, 9.17) is 4.74 Å². The minimum absolute atomic E-state index is 0.0799. The van der Waals surface area contributed by atoms with Gasteiger partial charge in [0.1, 0.15) is 11.4 Å². The molecular weight excluding hydrogens is 449 g/mol. The minimum Gasteiger partial charge on any atom is -0.373 e. The van der Waals surface area contributed by atoms with Crippen molar-refractivity contribution in [2.45, 2.75) is 71.4 Å². The Morgan fingerprint density at radius 2 is 2.06 bits per heavy atom. The number of fused-ring (bicyclic) bond motifs is 1. The summed E-state index contributed by atoms with van der Waals surface area (Å²) in [5.74, 6) is -0.462. The zero-order valence-electron chi connectivity index (χ0n) is 19.5. The topological polar surface area (TPSA) is 76.5 Å². The van der Waals surface area contributed by atoms with E-state index >= 15 is 0 Å². The van der Waals surface area contributed by atoms with Crippen LogP contribution in [0.3, 0.4) is 0 Å². The van der Waals surface area contributed by atoms with Crippen molar-refractivity contribution in [2.24, 2.45) is 0 Å². The number of likely N-dealkylation sites (tertiary alicyclic amines) is 1. The highest BCUT2D eigenvalue weighted by molar-refractivity contribution is 6.03. The van der Waals surface area contributed by atoms with Crippen molar-refractivity contribution in [1.29, 1.82) is 0 Å². The molecule has 4 heterocycles. The number of pyridine rings is 1. The number of hydrogen-bond donors (Lipinski definition) is 1. The van der Waals surface area contributed by atoms with Crippen LogP contribution in [-0.2, 0) is 24.1 Å². The number of hydrogen-bond acceptors (Lipinski definition) is 4. The molecule has 2 aromatic rings. The minimum atomic E-state index is -4.53. The predicted octanol–water partition coefficient (Wildman–Crippen LogP) is 4.25. The van der Waals surface area contributed by atoms with Gasteiger partial charge >= 0.3 is 6.18 Å². The Morgan fingerprint density at radius 3 is 2.65 bits per heavy atom. The second kappa shape index (κ2) is 9.40. The molecule has 1 saturated heterocycles. The van der Waals surface area contributed by atoms with Gasteiger partial charge in [0.2, 0.25) is 0 Å². The van der Waals surface area contributed by atoms with Gasteiger partial charge in [-0.3, -0.25) is 14.6 Å². The second-order valence-electron chi connectivity index (χ2n) is 8.90. The molecule has 2 aliphatic rings. The quantitative estimate of drug-likeness (QED) is 0.697. The normalized spacial score (nSPS) is 19.1. The van der Waals surface area contributed by atoms with Gasteiger partial charge in [-0.1, -0.05) is 13.0 Å². The Hall–Kier alpha value is -2.88. The van der Waals surface area contributed by atoms with E-state index in [1.54, 1.807) is 6.92 Å². The van der Waals surface area contributed by atoms with Crippen molar-refractivity contribution in [3.05, 3.63) is 52.1 Å². The molecule has 2 atom stereocenters. The van der Waals surface area contributed by atoms with Crippen LogP contribution in [0.4, 0.5) is 13.2 Å². The van der Waals surface area contributed by atoms with Crippen LogP contribution in [0.1, 0.15) is 82.5 Å². The molecule has 0 bridgehead atoms. The van der Waals surface area contributed by atoms with E-state index in [0.29, 0.717) is 54.2 Å². The number of ether oxygens (including phenoxy) is 1. The monoisotopic (exact) mass is 478 g/mol. The van der Waals surface area contributed by atoms with Gasteiger partial charge in [0.05, 0.1) is 30.5 Å². The summed E-state index contributed by atoms with van der Waals surface area (Å²) in [6.07, 6.45) is -1.01. The molecule has 0 aromatic carbocycles. The Balaban J connectivity index is 1.64. The van der Waals surface area contributed by atoms with Crippen LogP contribution >= 0.6 is 0 Å². The second-order valence-corrected chi connectivity index (χ2v) is 8.90. The van der Waals surface area contributed by atoms with Crippen molar-refractivity contribution in [2.75, 3.05) is 13.2 Å². The maximum Gasteiger partial charge on any atom is 0.433 e. The fourth-order valence-electron chi connectivity index (χ4n) is 4.91. The standard InChI is InChI=1S/C24H29F3N4O3/c1-4-17(16-7-8-19(28-12-16)24(25,26)27)29-22(32)20-15(3)21(31-10-11-34-13-18(20)31)23(33)30-9-5-6-14(30)2/h7-8,12,14,17H,4-6,9-11,13H2,1-3H3,(H,29,32)/t14-,17?/m0/s1. The van der Waals surface area contributed by atoms with E-state index < -0.39 is 17.9 Å². The van der Waals surface area contributed by atoms with Gasteiger partial charge in [-0.2, -0.15) is 13.2 Å². The number of carbonyl (C=O) groups is 2. The molecule has 0 spiro atoms. The maximum absolute atomic E-state index is 13.4. The lowest BCUT2D eigenvalue weighted by molar-refractivity contribution is -0.141. The SMILES string of the molecule is CCC(NC(=O)c1c(C)c(C(=O)N2CCC[C@@H]2C)n2c1COCC2)c1ccc(C(F)(F)F)nc1. The zero-order chi connectivity index (χ0) is 24.6. The highest BCUT2D eigenvalue weighted by Crippen LogP contribution is 2.31. The summed E-state index contributed by atoms with van der Waals surface area (Å²) in [7, 11) is 0. The molecule has 10 heteroatoms. The van der Waals surface area contributed by atoms with Crippen molar-refractivity contribution < 1.29 is 27.5 Å². The average Bonchev–Trinajstić information content (AvgIpc) is 3.36. The zero-order valence-corrected chi connectivity index (χ0v) is 19.5. The summed E-state index contributed by atoms with van der Waals surface area (Å²) in [6.45, 7) is 7.47. The van der Waals surface area contributed by atoms with Gasteiger partial charge in [-0.15, -0.1) is 0 Å². The van der Waals surface area contributed by atoms with Crippen LogP contribution in [-0.4, -0.2) is 45.5 Å². The van der Waals surface area contributed by atoms with Crippen molar-refractivity contribution in [1.82, 2.24) is 19.8 Å². The Morgan fingerprint density at radius 1 is 1.29 bits per heavy atom. The van der Waals surface area contributed by atoms with Crippen LogP contribution in [0.15, 0.2) is 18.3 Å². The number of nitrogens with one attached hydrogen (secondary N) is 1. The van der Waals surface area contributed by atoms with Crippen molar-refractivity contribution in [3.63, 3.8) is 0 Å². The molecule has 2 amide bonds. The van der Waals surface area contributed by atoms with Gasteiger partial charge in [0, 0.05) is 25.3 Å². The fraction of sp³-hybridized carbons (Fsp3) is 0.542. The number of alkyl halides is 3. The summed E-state index contributed by atoms with van der Waals surface area (Å²) < 4.78 is 46.1. The summed E-state index contributed by atoms with van der Waals surface area (Å²) in [5, 5.41) is 2.93. The van der Waals surface area contributed by atoms with Crippen molar-refractivity contribution >= 4 is 11.8 Å². The van der Waals surface area contributed by atoms with E-state index in [9.17, 15) is 22.8 Å². The Labute approximate surface area is 196 Å². The van der Waals surface area contributed by atoms with Gasteiger partial charge in [-0.05, 0) is 50.3 Å². The molecular formula is C24H29F3N4O3. The fourth-order valence-corrected chi connectivity index (χ4v) is 4.91. The molecule has 184 valence electrons. The summed E-state index contributed by atoms with van der Waals surface area (Å²) >= 11 is 0. The highest BCUT2D eigenvalue weighted by atomic mass is 19.4. The number of rotatable bonds is 5. The van der Waals surface area contributed by atoms with Crippen LogP contribution < -0.4 is 5.32 Å². The Kier molecular flexibility index (Phi) is 6.71. The summed E-state index contributed by atoms with van der Waals surface area (Å²) in [6, 6.07) is 1.86. The summed E-state index contributed by atoms with van der Waals surface area (Å²) in [4.78, 5) is 32.2. The maximum atomic E-state index is 13.4. The molecule has 1 N–H and O–H groups in total. The van der Waals surface area contributed by atoms with E-state index in [2.05, 4.69) is 10.3 Å². The predicted molar refractivity (Wildman–Crippen MR) is 118 cm³/mol. The number of aromatic nitrogens is 2. The van der Waals surface area contributed by atoms with Crippen LogP contribution in [0.5, 0.6) is 0 Å². The van der Waals surface area contributed by atoms with Gasteiger partial charge in [-0.25, -0.2) is 0 Å². The number of amides is 2. The first kappa shape index (κ1) is 24.3. The third-order valence-electron chi connectivity index (χ3n) is 6.75. The molecule has 1 unspecified atom stereocenters. The van der Waals surface area contributed by atoms with E-state index in [0.717, 1.165) is 25.1 Å². The average molecular weight is 479 g/mol. The molecule has 2 aromatic heterocycles. The lowest BCUT2D eigenvalue weighted by Gasteiger charge is -2.24. The third-order valence-corrected chi connectivity index (χ3v) is 6.75. The molecule has 1 fully saturated rings. The largest absolute Gasteiger partial charge is 0.433 e. The van der Waals surface area contributed by atoms with Gasteiger partial charge < -0.3 is 19.5 Å². The van der Waals surface area contributed by atoms with Crippen molar-refractivity contribution in [3.8, 4) is 0 Å². The molecule has 0 radical (unpaired) electrons. The molecule has 4 rings (SSSR count). The summed E-state index contributed by atoms with van der Waals surface area (Å²) in [5.41, 5.74) is 1.66. The highest BCUT2D eigenvalue weighted by Gasteiger charge is 2.35. The van der Waals surface area contributed by atoms with E-state index in [1.165, 1.54) is 6.07 Å². The van der Waals surface area contributed by atoms with E-state index in [1.807, 2.05) is 23.3 Å². The first-order valence-corrected chi connectivity index (χ1v) is 11.6. The van der Waals surface area contributed by atoms with Crippen LogP contribution in [0, 0.1) is 6.92 Å². The smallest absolute Gasteiger partial charge is 0.373 e. The first-order valence-electron chi connectivity index (χ1n) is 11.6. The van der Waals surface area contributed by atoms with Crippen LogP contribution in [0.25, 0.3) is 0 Å². The molecule has 7 nitrogen and oxygen atoms in total. The number of carbonyl (C=O) groups excluding carboxylic acids is 2. The molecule has 0 aliphatic carbocycles. The number of halogens is 3. The lowest BCUT2D eigenvalue weighted by Crippen LogP contribution is -2.36. The van der Waals surface area contributed by atoms with Gasteiger partial charge in [0.25, 0.3) is 11.8 Å².